The minimum Gasteiger partial charge on any atom is -0.387 e. The van der Waals surface area contributed by atoms with Gasteiger partial charge >= 0.3 is 7.82 Å². The first kappa shape index (κ1) is 52.9. The van der Waals surface area contributed by atoms with Crippen LogP contribution >= 0.6 is 7.82 Å². The van der Waals surface area contributed by atoms with Gasteiger partial charge in [0.2, 0.25) is 5.91 Å². The highest BCUT2D eigenvalue weighted by atomic mass is 31.2. The number of phosphoric acid groups is 1. The van der Waals surface area contributed by atoms with E-state index in [-0.39, 0.29) is 25.5 Å². The second kappa shape index (κ2) is 37.5. The zero-order valence-corrected chi connectivity index (χ0v) is 36.8. The maximum absolute atomic E-state index is 12.8. The van der Waals surface area contributed by atoms with E-state index in [1.165, 1.54) is 89.9 Å². The lowest BCUT2D eigenvalue weighted by Gasteiger charge is -2.25. The molecule has 0 aromatic carbocycles. The molecule has 0 aromatic heterocycles. The topological polar surface area (TPSA) is 105 Å². The van der Waals surface area contributed by atoms with Crippen LogP contribution in [-0.2, 0) is 18.4 Å². The lowest BCUT2D eigenvalue weighted by atomic mass is 10.1. The number of amides is 1. The molecule has 0 saturated carbocycles. The minimum atomic E-state index is -4.36. The lowest BCUT2D eigenvalue weighted by molar-refractivity contribution is -0.870. The van der Waals surface area contributed by atoms with E-state index in [9.17, 15) is 19.4 Å². The SMILES string of the molecule is CCCCCCCC/C=C/CC/C=C/[C@@H](O)[C@H](COP(=O)(O)OCC[N+](C)(C)C)NC(=O)CCC/C=C/C/C=C/C/C=C/C/C=C/CCCCCCCCC. The predicted octanol–water partition coefficient (Wildman–Crippen LogP) is 12.0. The fraction of sp³-hybridized carbons (Fsp3) is 0.717. The van der Waals surface area contributed by atoms with Crippen LogP contribution in [0.25, 0.3) is 0 Å². The van der Waals surface area contributed by atoms with Crippen molar-refractivity contribution in [3.63, 3.8) is 0 Å². The van der Waals surface area contributed by atoms with Crippen molar-refractivity contribution in [2.75, 3.05) is 40.9 Å². The third kappa shape index (κ3) is 40.0. The van der Waals surface area contributed by atoms with Crippen LogP contribution in [0.15, 0.2) is 72.9 Å². The number of rotatable bonds is 38. The van der Waals surface area contributed by atoms with E-state index in [0.29, 0.717) is 17.4 Å². The Hall–Kier alpha value is -2.06. The number of unbranched alkanes of at least 4 members (excludes halogenated alkanes) is 15. The fourth-order valence-electron chi connectivity index (χ4n) is 5.64. The van der Waals surface area contributed by atoms with Crippen LogP contribution in [0, 0.1) is 0 Å². The molecule has 0 aliphatic rings. The second-order valence-corrected chi connectivity index (χ2v) is 17.2. The third-order valence-electron chi connectivity index (χ3n) is 9.15. The molecule has 0 aromatic rings. The van der Waals surface area contributed by atoms with Crippen molar-refractivity contribution in [3.8, 4) is 0 Å². The molecule has 318 valence electrons. The molecule has 8 nitrogen and oxygen atoms in total. The maximum Gasteiger partial charge on any atom is 0.472 e. The van der Waals surface area contributed by atoms with Crippen LogP contribution in [0.2, 0.25) is 0 Å². The Bertz CT molecular complexity index is 1120. The molecule has 1 amide bonds. The Kier molecular flexibility index (Phi) is 36.1. The minimum absolute atomic E-state index is 0.0424. The number of aliphatic hydroxyl groups is 1. The molecule has 3 N–H and O–H groups in total. The average Bonchev–Trinajstić information content (AvgIpc) is 3.13. The van der Waals surface area contributed by atoms with Crippen molar-refractivity contribution in [1.82, 2.24) is 5.32 Å². The molecular formula is C46H84N2O6P+. The maximum atomic E-state index is 12.8. The predicted molar refractivity (Wildman–Crippen MR) is 235 cm³/mol. The van der Waals surface area contributed by atoms with Crippen molar-refractivity contribution in [1.29, 1.82) is 0 Å². The number of aliphatic hydroxyl groups excluding tert-OH is 1. The van der Waals surface area contributed by atoms with E-state index < -0.39 is 20.0 Å². The van der Waals surface area contributed by atoms with Gasteiger partial charge in [-0.05, 0) is 70.6 Å². The molecule has 1 unspecified atom stereocenters. The average molecular weight is 792 g/mol. The molecule has 0 aliphatic heterocycles. The molecule has 0 radical (unpaired) electrons. The zero-order valence-electron chi connectivity index (χ0n) is 35.9. The van der Waals surface area contributed by atoms with E-state index in [2.05, 4.69) is 79.9 Å². The lowest BCUT2D eigenvalue weighted by Crippen LogP contribution is -2.45. The molecule has 55 heavy (non-hydrogen) atoms. The third-order valence-corrected chi connectivity index (χ3v) is 10.1. The Morgan fingerprint density at radius 2 is 1.05 bits per heavy atom. The van der Waals surface area contributed by atoms with Gasteiger partial charge < -0.3 is 19.8 Å². The van der Waals surface area contributed by atoms with Crippen LogP contribution in [0.5, 0.6) is 0 Å². The number of hydrogen-bond donors (Lipinski definition) is 3. The largest absolute Gasteiger partial charge is 0.472 e. The van der Waals surface area contributed by atoms with Crippen molar-refractivity contribution in [2.45, 2.75) is 174 Å². The van der Waals surface area contributed by atoms with Crippen LogP contribution < -0.4 is 5.32 Å². The Morgan fingerprint density at radius 3 is 1.58 bits per heavy atom. The van der Waals surface area contributed by atoms with E-state index in [1.54, 1.807) is 6.08 Å². The van der Waals surface area contributed by atoms with Crippen molar-refractivity contribution in [2.24, 2.45) is 0 Å². The van der Waals surface area contributed by atoms with Gasteiger partial charge in [-0.1, -0.05) is 157 Å². The highest BCUT2D eigenvalue weighted by molar-refractivity contribution is 7.47. The summed E-state index contributed by atoms with van der Waals surface area (Å²) >= 11 is 0. The first-order valence-corrected chi connectivity index (χ1v) is 23.3. The van der Waals surface area contributed by atoms with Gasteiger partial charge in [0.1, 0.15) is 13.2 Å². The molecular weight excluding hydrogens is 707 g/mol. The number of nitrogens with one attached hydrogen (secondary N) is 1. The number of allylic oxidation sites excluding steroid dienone is 11. The van der Waals surface area contributed by atoms with Gasteiger partial charge in [0.25, 0.3) is 0 Å². The summed E-state index contributed by atoms with van der Waals surface area (Å²) < 4.78 is 23.5. The Labute approximate surface area is 338 Å². The van der Waals surface area contributed by atoms with Crippen LogP contribution in [0.3, 0.4) is 0 Å². The van der Waals surface area contributed by atoms with Crippen LogP contribution in [-0.4, -0.2) is 73.4 Å². The molecule has 9 heteroatoms. The summed E-state index contributed by atoms with van der Waals surface area (Å²) in [6.07, 6.45) is 49.9. The van der Waals surface area contributed by atoms with Crippen LogP contribution in [0.1, 0.15) is 162 Å². The highest BCUT2D eigenvalue weighted by Crippen LogP contribution is 2.43. The number of phosphoric ester groups is 1. The number of nitrogens with zero attached hydrogens (tertiary/aromatic N) is 1. The van der Waals surface area contributed by atoms with Gasteiger partial charge in [0.15, 0.2) is 0 Å². The smallest absolute Gasteiger partial charge is 0.387 e. The number of carbonyl (C=O) groups is 1. The monoisotopic (exact) mass is 792 g/mol. The molecule has 0 saturated heterocycles. The first-order chi connectivity index (χ1) is 26.5. The summed E-state index contributed by atoms with van der Waals surface area (Å²) in [4.78, 5) is 23.0. The summed E-state index contributed by atoms with van der Waals surface area (Å²) in [5, 5.41) is 13.7. The van der Waals surface area contributed by atoms with E-state index in [0.717, 1.165) is 44.9 Å². The molecule has 0 aliphatic carbocycles. The Balaban J connectivity index is 4.56. The fourth-order valence-corrected chi connectivity index (χ4v) is 6.37. The van der Waals surface area contributed by atoms with E-state index in [4.69, 9.17) is 9.05 Å². The van der Waals surface area contributed by atoms with Crippen LogP contribution in [0.4, 0.5) is 0 Å². The normalized spacial score (nSPS) is 15.1. The number of quaternary nitrogens is 1. The van der Waals surface area contributed by atoms with Gasteiger partial charge in [0.05, 0.1) is 39.9 Å². The van der Waals surface area contributed by atoms with Gasteiger partial charge in [-0.3, -0.25) is 13.8 Å². The standard InChI is InChI=1S/C46H83N2O6P/c1-6-8-10-12-14-16-18-20-21-22-23-24-25-26-27-28-30-32-34-36-38-40-46(50)47-44(43-54-55(51,52)53-42-41-48(3,4)5)45(49)39-37-35-33-31-29-19-17-15-13-11-9-7-2/h21-22,24-25,27-29,31-32,34,37,39,44-45,49H,6-20,23,26,30,33,35-36,38,40-43H2,1-5H3,(H-,47,50,51,52)/p+1/b22-21+,25-24+,28-27+,31-29+,34-32+,39-37+/t44-,45+/m0/s1. The number of hydrogen-bond acceptors (Lipinski definition) is 5. The van der Waals surface area contributed by atoms with Crippen molar-refractivity contribution < 1.29 is 32.9 Å². The second-order valence-electron chi connectivity index (χ2n) is 15.7. The molecule has 0 rings (SSSR count). The van der Waals surface area contributed by atoms with Crippen molar-refractivity contribution in [3.05, 3.63) is 72.9 Å². The summed E-state index contributed by atoms with van der Waals surface area (Å²) in [7, 11) is 1.51. The molecule has 0 spiro atoms. The van der Waals surface area contributed by atoms with Gasteiger partial charge in [-0.15, -0.1) is 0 Å². The van der Waals surface area contributed by atoms with E-state index >= 15 is 0 Å². The quantitative estimate of drug-likeness (QED) is 0.0249. The van der Waals surface area contributed by atoms with Gasteiger partial charge in [-0.25, -0.2) is 4.57 Å². The summed E-state index contributed by atoms with van der Waals surface area (Å²) in [6.45, 7) is 4.70. The summed E-state index contributed by atoms with van der Waals surface area (Å²) in [5.41, 5.74) is 0. The molecule has 0 fully saturated rings. The zero-order chi connectivity index (χ0) is 40.7. The van der Waals surface area contributed by atoms with E-state index in [1.807, 2.05) is 27.2 Å². The molecule has 0 heterocycles. The molecule has 0 bridgehead atoms. The highest BCUT2D eigenvalue weighted by Gasteiger charge is 2.27. The summed E-state index contributed by atoms with van der Waals surface area (Å²) in [6, 6.07) is -0.893. The molecule has 3 atom stereocenters. The van der Waals surface area contributed by atoms with Gasteiger partial charge in [0, 0.05) is 6.42 Å². The van der Waals surface area contributed by atoms with Crippen molar-refractivity contribution >= 4 is 13.7 Å². The number of likely N-dealkylation sites (N-methyl/N-ethyl adjacent to an activating group) is 1. The Morgan fingerprint density at radius 1 is 0.618 bits per heavy atom. The van der Waals surface area contributed by atoms with Gasteiger partial charge in [-0.2, -0.15) is 0 Å². The number of carbonyl (C=O) groups excluding carboxylic acids is 1. The first-order valence-electron chi connectivity index (χ1n) is 21.8. The summed E-state index contributed by atoms with van der Waals surface area (Å²) in [5.74, 6) is -0.245.